The summed E-state index contributed by atoms with van der Waals surface area (Å²) >= 11 is 0. The number of carboxylic acid groups (broad SMARTS) is 1. The third-order valence-corrected chi connectivity index (χ3v) is 3.63. The number of nitrogens with one attached hydrogen (secondary N) is 1. The van der Waals surface area contributed by atoms with Crippen LogP contribution in [0.3, 0.4) is 0 Å². The van der Waals surface area contributed by atoms with Gasteiger partial charge in [0.15, 0.2) is 18.1 Å². The molecule has 1 amide bonds. The van der Waals surface area contributed by atoms with Gasteiger partial charge in [-0.3, -0.25) is 10.2 Å². The monoisotopic (exact) mass is 385 g/mol. The summed E-state index contributed by atoms with van der Waals surface area (Å²) in [5, 5.41) is 13.1. The maximum Gasteiger partial charge on any atom is 0.335 e. The van der Waals surface area contributed by atoms with Crippen LogP contribution in [0.5, 0.6) is 11.5 Å². The molecule has 0 atom stereocenters. The number of ether oxygens (including phenoxy) is 2. The highest BCUT2D eigenvalue weighted by molar-refractivity contribution is 5.89. The van der Waals surface area contributed by atoms with Gasteiger partial charge in [-0.15, -0.1) is 0 Å². The minimum atomic E-state index is -1.00. The average molecular weight is 385 g/mol. The van der Waals surface area contributed by atoms with Crippen LogP contribution < -0.4 is 14.9 Å². The van der Waals surface area contributed by atoms with E-state index in [2.05, 4.69) is 10.5 Å². The molecule has 0 aliphatic carbocycles. The average Bonchev–Trinajstić information content (AvgIpc) is 2.67. The number of hydrazone groups is 1. The molecule has 0 aliphatic rings. The summed E-state index contributed by atoms with van der Waals surface area (Å²) in [5.41, 5.74) is 4.27. The van der Waals surface area contributed by atoms with Crippen LogP contribution in [0.1, 0.15) is 22.8 Å². The Bertz CT molecular complexity index is 865. The molecule has 0 saturated heterocycles. The molecule has 148 valence electrons. The van der Waals surface area contributed by atoms with Crippen LogP contribution in [0.2, 0.25) is 0 Å². The second kappa shape index (κ2) is 9.96. The highest BCUT2D eigenvalue weighted by Crippen LogP contribution is 2.28. The van der Waals surface area contributed by atoms with Crippen molar-refractivity contribution in [1.29, 1.82) is 0 Å². The molecule has 0 aliphatic heterocycles. The standard InChI is InChI=1S/C20H23N3O5/c1-4-27-18-10-14(8-9-17(18)28-13-19(24)23(2)3)12-21-22-16-7-5-6-15(11-16)20(25)26/h5-12,22H,4,13H2,1-3H3,(H,25,26)/b21-12-. The fourth-order valence-electron chi connectivity index (χ4n) is 2.16. The largest absolute Gasteiger partial charge is 0.490 e. The molecule has 0 spiro atoms. The second-order valence-corrected chi connectivity index (χ2v) is 5.97. The molecule has 8 heteroatoms. The molecule has 2 aromatic rings. The summed E-state index contributed by atoms with van der Waals surface area (Å²) in [6.45, 7) is 2.22. The van der Waals surface area contributed by atoms with E-state index in [9.17, 15) is 9.59 Å². The number of likely N-dealkylation sites (N-methyl/N-ethyl adjacent to an activating group) is 1. The van der Waals surface area contributed by atoms with Crippen LogP contribution in [-0.4, -0.2) is 55.4 Å². The number of amides is 1. The van der Waals surface area contributed by atoms with Crippen LogP contribution in [0.15, 0.2) is 47.6 Å². The lowest BCUT2D eigenvalue weighted by Gasteiger charge is -2.14. The van der Waals surface area contributed by atoms with Crippen molar-refractivity contribution in [2.75, 3.05) is 32.7 Å². The molecule has 8 nitrogen and oxygen atoms in total. The first-order valence-electron chi connectivity index (χ1n) is 8.63. The number of hydrogen-bond donors (Lipinski definition) is 2. The molecule has 0 heterocycles. The minimum Gasteiger partial charge on any atom is -0.490 e. The summed E-state index contributed by atoms with van der Waals surface area (Å²) in [4.78, 5) is 24.1. The van der Waals surface area contributed by atoms with Gasteiger partial charge in [-0.2, -0.15) is 5.10 Å². The lowest BCUT2D eigenvalue weighted by molar-refractivity contribution is -0.130. The molecular weight excluding hydrogens is 362 g/mol. The number of nitrogens with zero attached hydrogens (tertiary/aromatic N) is 2. The van der Waals surface area contributed by atoms with Crippen molar-refractivity contribution in [2.45, 2.75) is 6.92 Å². The van der Waals surface area contributed by atoms with Crippen LogP contribution in [0.25, 0.3) is 0 Å². The zero-order valence-electron chi connectivity index (χ0n) is 16.0. The van der Waals surface area contributed by atoms with Crippen LogP contribution >= 0.6 is 0 Å². The molecule has 0 aromatic heterocycles. The lowest BCUT2D eigenvalue weighted by atomic mass is 10.2. The Hall–Kier alpha value is -3.55. The van der Waals surface area contributed by atoms with Gasteiger partial charge >= 0.3 is 5.97 Å². The predicted molar refractivity (Wildman–Crippen MR) is 106 cm³/mol. The number of carboxylic acids is 1. The van der Waals surface area contributed by atoms with E-state index < -0.39 is 5.97 Å². The molecule has 0 bridgehead atoms. The Morgan fingerprint density at radius 1 is 1.14 bits per heavy atom. The maximum atomic E-state index is 11.7. The van der Waals surface area contributed by atoms with E-state index >= 15 is 0 Å². The van der Waals surface area contributed by atoms with Gasteiger partial charge in [0, 0.05) is 14.1 Å². The quantitative estimate of drug-likeness (QED) is 0.508. The number of carbonyl (C=O) groups excluding carboxylic acids is 1. The van der Waals surface area contributed by atoms with E-state index in [1.54, 1.807) is 50.6 Å². The highest BCUT2D eigenvalue weighted by atomic mass is 16.5. The van der Waals surface area contributed by atoms with Gasteiger partial charge in [0.05, 0.1) is 24.1 Å². The van der Waals surface area contributed by atoms with Gasteiger partial charge in [-0.25, -0.2) is 4.79 Å². The molecular formula is C20H23N3O5. The third kappa shape index (κ3) is 6.01. The van der Waals surface area contributed by atoms with Gasteiger partial charge in [0.1, 0.15) is 0 Å². The van der Waals surface area contributed by atoms with Crippen molar-refractivity contribution >= 4 is 23.8 Å². The Labute approximate surface area is 163 Å². The van der Waals surface area contributed by atoms with Gasteiger partial charge in [0.25, 0.3) is 5.91 Å². The van der Waals surface area contributed by atoms with E-state index in [0.29, 0.717) is 23.8 Å². The third-order valence-electron chi connectivity index (χ3n) is 3.63. The van der Waals surface area contributed by atoms with Crippen LogP contribution in [0, 0.1) is 0 Å². The second-order valence-electron chi connectivity index (χ2n) is 5.97. The number of aromatic carboxylic acids is 1. The van der Waals surface area contributed by atoms with Crippen molar-refractivity contribution in [3.63, 3.8) is 0 Å². The van der Waals surface area contributed by atoms with E-state index in [-0.39, 0.29) is 18.1 Å². The molecule has 2 N–H and O–H groups in total. The Kier molecular flexibility index (Phi) is 7.38. The molecule has 2 aromatic carbocycles. The number of benzene rings is 2. The molecule has 2 rings (SSSR count). The first-order valence-corrected chi connectivity index (χ1v) is 8.63. The Morgan fingerprint density at radius 3 is 2.61 bits per heavy atom. The van der Waals surface area contributed by atoms with Crippen molar-refractivity contribution in [1.82, 2.24) is 4.90 Å². The summed E-state index contributed by atoms with van der Waals surface area (Å²) in [5.74, 6) is -0.180. The molecule has 28 heavy (non-hydrogen) atoms. The Balaban J connectivity index is 2.08. The normalized spacial score (nSPS) is 10.5. The molecule has 0 unspecified atom stereocenters. The fourth-order valence-corrected chi connectivity index (χ4v) is 2.16. The van der Waals surface area contributed by atoms with Crippen LogP contribution in [0.4, 0.5) is 5.69 Å². The summed E-state index contributed by atoms with van der Waals surface area (Å²) in [7, 11) is 3.32. The van der Waals surface area contributed by atoms with Gasteiger partial charge in [-0.1, -0.05) is 6.07 Å². The van der Waals surface area contributed by atoms with Crippen LogP contribution in [-0.2, 0) is 4.79 Å². The molecule has 0 fully saturated rings. The van der Waals surface area contributed by atoms with Crippen molar-refractivity contribution in [3.05, 3.63) is 53.6 Å². The van der Waals surface area contributed by atoms with Crippen molar-refractivity contribution < 1.29 is 24.2 Å². The topological polar surface area (TPSA) is 100 Å². The molecule has 0 radical (unpaired) electrons. The summed E-state index contributed by atoms with van der Waals surface area (Å²) < 4.78 is 11.1. The first kappa shape index (κ1) is 20.8. The smallest absolute Gasteiger partial charge is 0.335 e. The fraction of sp³-hybridized carbons (Fsp3) is 0.250. The first-order chi connectivity index (χ1) is 13.4. The minimum absolute atomic E-state index is 0.0814. The summed E-state index contributed by atoms with van der Waals surface area (Å²) in [6, 6.07) is 11.6. The summed E-state index contributed by atoms with van der Waals surface area (Å²) in [6.07, 6.45) is 1.57. The van der Waals surface area contributed by atoms with Gasteiger partial charge < -0.3 is 19.5 Å². The van der Waals surface area contributed by atoms with Crippen molar-refractivity contribution in [3.8, 4) is 11.5 Å². The maximum absolute atomic E-state index is 11.7. The van der Waals surface area contributed by atoms with Gasteiger partial charge in [-0.05, 0) is 48.9 Å². The SMILES string of the molecule is CCOc1cc(/C=N\Nc2cccc(C(=O)O)c2)ccc1OCC(=O)N(C)C. The lowest BCUT2D eigenvalue weighted by Crippen LogP contribution is -2.27. The van der Waals surface area contributed by atoms with E-state index in [0.717, 1.165) is 5.56 Å². The number of anilines is 1. The van der Waals surface area contributed by atoms with E-state index in [1.807, 2.05) is 6.92 Å². The predicted octanol–water partition coefficient (Wildman–Crippen LogP) is 2.70. The van der Waals surface area contributed by atoms with E-state index in [4.69, 9.17) is 14.6 Å². The zero-order chi connectivity index (χ0) is 20.5. The number of carbonyl (C=O) groups is 2. The number of rotatable bonds is 9. The van der Waals surface area contributed by atoms with Gasteiger partial charge in [0.2, 0.25) is 0 Å². The number of hydrogen-bond acceptors (Lipinski definition) is 6. The molecule has 0 saturated carbocycles. The van der Waals surface area contributed by atoms with Crippen molar-refractivity contribution in [2.24, 2.45) is 5.10 Å². The van der Waals surface area contributed by atoms with E-state index in [1.165, 1.54) is 17.0 Å². The Morgan fingerprint density at radius 2 is 1.93 bits per heavy atom. The highest BCUT2D eigenvalue weighted by Gasteiger charge is 2.10. The zero-order valence-corrected chi connectivity index (χ0v) is 16.0.